The van der Waals surface area contributed by atoms with Gasteiger partial charge in [0.1, 0.15) is 0 Å². The van der Waals surface area contributed by atoms with Crippen molar-refractivity contribution < 1.29 is 18.8 Å². The number of hydrogen-bond donors (Lipinski definition) is 1. The minimum absolute atomic E-state index is 0.303. The van der Waals surface area contributed by atoms with E-state index in [2.05, 4.69) is 21.4 Å². The number of furan rings is 1. The Bertz CT molecular complexity index is 299. The Morgan fingerprint density at radius 3 is 3.00 bits per heavy atom. The second-order valence-corrected chi connectivity index (χ2v) is 3.10. The molecule has 0 bridgehead atoms. The molecule has 78 valence electrons. The summed E-state index contributed by atoms with van der Waals surface area (Å²) in [7, 11) is 1.55. The average molecular weight is 264 g/mol. The Hall–Kier alpha value is -0.850. The van der Waals surface area contributed by atoms with Crippen molar-refractivity contribution in [3.63, 3.8) is 0 Å². The third kappa shape index (κ3) is 3.13. The summed E-state index contributed by atoms with van der Waals surface area (Å²) in [6.45, 7) is 0.727. The van der Waals surface area contributed by atoms with Crippen LogP contribution in [0.1, 0.15) is 10.4 Å². The van der Waals surface area contributed by atoms with E-state index in [1.54, 1.807) is 13.2 Å². The zero-order valence-electron chi connectivity index (χ0n) is 7.58. The number of hydrogen-bond acceptors (Lipinski definition) is 4. The molecule has 6 heteroatoms. The zero-order valence-corrected chi connectivity index (χ0v) is 9.17. The molecule has 1 aromatic heterocycles. The molecule has 0 spiro atoms. The fourth-order valence-corrected chi connectivity index (χ4v) is 1.17. The first kappa shape index (κ1) is 11.2. The molecule has 1 rings (SSSR count). The van der Waals surface area contributed by atoms with E-state index in [9.17, 15) is 4.79 Å². The molecular formula is C8H10BrNO4. The first-order chi connectivity index (χ1) is 6.75. The van der Waals surface area contributed by atoms with Crippen LogP contribution in [0.3, 0.4) is 0 Å². The molecule has 5 nitrogen and oxygen atoms in total. The largest absolute Gasteiger partial charge is 0.457 e. The van der Waals surface area contributed by atoms with Gasteiger partial charge in [-0.3, -0.25) is 9.63 Å². The summed E-state index contributed by atoms with van der Waals surface area (Å²) >= 11 is 3.08. The van der Waals surface area contributed by atoms with Gasteiger partial charge >= 0.3 is 0 Å². The van der Waals surface area contributed by atoms with E-state index in [1.165, 1.54) is 6.26 Å². The van der Waals surface area contributed by atoms with E-state index in [1.807, 2.05) is 0 Å². The van der Waals surface area contributed by atoms with Crippen LogP contribution in [-0.4, -0.2) is 26.2 Å². The predicted molar refractivity (Wildman–Crippen MR) is 51.7 cm³/mol. The summed E-state index contributed by atoms with van der Waals surface area (Å²) in [5, 5.41) is 0. The van der Waals surface area contributed by atoms with Crippen molar-refractivity contribution in [3.8, 4) is 0 Å². The Balaban J connectivity index is 2.32. The van der Waals surface area contributed by atoms with Gasteiger partial charge in [0.2, 0.25) is 0 Å². The third-order valence-electron chi connectivity index (χ3n) is 1.42. The van der Waals surface area contributed by atoms with Gasteiger partial charge in [0.05, 0.1) is 25.0 Å². The highest BCUT2D eigenvalue weighted by Crippen LogP contribution is 2.16. The van der Waals surface area contributed by atoms with Crippen LogP contribution >= 0.6 is 15.9 Å². The van der Waals surface area contributed by atoms with E-state index in [-0.39, 0.29) is 5.91 Å². The van der Waals surface area contributed by atoms with Crippen molar-refractivity contribution >= 4 is 21.8 Å². The third-order valence-corrected chi connectivity index (χ3v) is 2.03. The Morgan fingerprint density at radius 1 is 1.64 bits per heavy atom. The topological polar surface area (TPSA) is 60.7 Å². The van der Waals surface area contributed by atoms with Gasteiger partial charge in [-0.05, 0) is 22.0 Å². The van der Waals surface area contributed by atoms with E-state index in [0.29, 0.717) is 23.4 Å². The molecule has 1 amide bonds. The number of halogens is 1. The van der Waals surface area contributed by atoms with Crippen molar-refractivity contribution in [2.75, 3.05) is 20.3 Å². The first-order valence-corrected chi connectivity index (χ1v) is 4.69. The summed E-state index contributed by atoms with van der Waals surface area (Å²) in [4.78, 5) is 16.2. The van der Waals surface area contributed by atoms with Crippen LogP contribution in [0.25, 0.3) is 0 Å². The minimum atomic E-state index is -0.360. The fourth-order valence-electron chi connectivity index (χ4n) is 0.752. The minimum Gasteiger partial charge on any atom is -0.457 e. The van der Waals surface area contributed by atoms with Gasteiger partial charge in [-0.25, -0.2) is 5.48 Å². The van der Waals surface area contributed by atoms with Crippen LogP contribution in [0.5, 0.6) is 0 Å². The zero-order chi connectivity index (χ0) is 10.4. The average Bonchev–Trinajstić information content (AvgIpc) is 2.59. The lowest BCUT2D eigenvalue weighted by atomic mass is 10.3. The first-order valence-electron chi connectivity index (χ1n) is 3.89. The maximum atomic E-state index is 11.3. The van der Waals surface area contributed by atoms with Crippen LogP contribution in [0.15, 0.2) is 21.4 Å². The molecule has 0 atom stereocenters. The number of nitrogens with one attached hydrogen (secondary N) is 1. The smallest absolute Gasteiger partial charge is 0.279 e. The van der Waals surface area contributed by atoms with E-state index in [0.717, 1.165) is 0 Å². The van der Waals surface area contributed by atoms with Crippen LogP contribution in [0, 0.1) is 0 Å². The molecule has 0 aromatic carbocycles. The van der Waals surface area contributed by atoms with Crippen LogP contribution in [0.2, 0.25) is 0 Å². The highest BCUT2D eigenvalue weighted by atomic mass is 79.9. The highest BCUT2D eigenvalue weighted by molar-refractivity contribution is 9.10. The van der Waals surface area contributed by atoms with Gasteiger partial charge in [-0.1, -0.05) is 0 Å². The van der Waals surface area contributed by atoms with E-state index < -0.39 is 0 Å². The molecule has 1 N–H and O–H groups in total. The number of methoxy groups -OCH3 is 1. The van der Waals surface area contributed by atoms with Crippen LogP contribution in [-0.2, 0) is 9.57 Å². The molecule has 14 heavy (non-hydrogen) atoms. The lowest BCUT2D eigenvalue weighted by Gasteiger charge is -2.03. The standard InChI is InChI=1S/C8H10BrNO4/c1-12-4-5-14-10-8(11)6-2-3-13-7(6)9/h2-3H,4-5H2,1H3,(H,10,11). The van der Waals surface area contributed by atoms with Crippen molar-refractivity contribution in [2.45, 2.75) is 0 Å². The van der Waals surface area contributed by atoms with Crippen molar-refractivity contribution in [2.24, 2.45) is 0 Å². The molecule has 0 aliphatic carbocycles. The second-order valence-electron chi connectivity index (χ2n) is 2.38. The van der Waals surface area contributed by atoms with E-state index in [4.69, 9.17) is 14.0 Å². The summed E-state index contributed by atoms with van der Waals surface area (Å²) in [5.74, 6) is -0.360. The maximum absolute atomic E-state index is 11.3. The van der Waals surface area contributed by atoms with Crippen molar-refractivity contribution in [3.05, 3.63) is 22.6 Å². The van der Waals surface area contributed by atoms with Gasteiger partial charge < -0.3 is 9.15 Å². The molecule has 0 fully saturated rings. The lowest BCUT2D eigenvalue weighted by Crippen LogP contribution is -2.25. The van der Waals surface area contributed by atoms with Crippen molar-refractivity contribution in [1.82, 2.24) is 5.48 Å². The number of rotatable bonds is 5. The maximum Gasteiger partial charge on any atom is 0.279 e. The second kappa shape index (κ2) is 5.79. The summed E-state index contributed by atoms with van der Waals surface area (Å²) in [6.07, 6.45) is 1.41. The van der Waals surface area contributed by atoms with Crippen LogP contribution < -0.4 is 5.48 Å². The summed E-state index contributed by atoms with van der Waals surface area (Å²) in [6, 6.07) is 1.54. The SMILES string of the molecule is COCCONC(=O)c1ccoc1Br. The Labute approximate surface area is 89.4 Å². The quantitative estimate of drug-likeness (QED) is 0.644. The molecule has 1 aromatic rings. The van der Waals surface area contributed by atoms with Crippen molar-refractivity contribution in [1.29, 1.82) is 0 Å². The van der Waals surface area contributed by atoms with Gasteiger partial charge in [0.15, 0.2) is 4.67 Å². The molecule has 0 saturated carbocycles. The molecule has 0 radical (unpaired) electrons. The number of carbonyl (C=O) groups is 1. The highest BCUT2D eigenvalue weighted by Gasteiger charge is 2.11. The Morgan fingerprint density at radius 2 is 2.43 bits per heavy atom. The van der Waals surface area contributed by atoms with Crippen LogP contribution in [0.4, 0.5) is 0 Å². The van der Waals surface area contributed by atoms with Gasteiger partial charge in [-0.2, -0.15) is 0 Å². The molecule has 0 saturated heterocycles. The summed E-state index contributed by atoms with van der Waals surface area (Å²) < 4.78 is 10.0. The molecular weight excluding hydrogens is 254 g/mol. The number of amides is 1. The molecule has 0 aliphatic rings. The lowest BCUT2D eigenvalue weighted by molar-refractivity contribution is 0.00879. The van der Waals surface area contributed by atoms with Gasteiger partial charge in [0.25, 0.3) is 5.91 Å². The van der Waals surface area contributed by atoms with E-state index >= 15 is 0 Å². The fraction of sp³-hybridized carbons (Fsp3) is 0.375. The molecule has 0 aliphatic heterocycles. The number of ether oxygens (including phenoxy) is 1. The van der Waals surface area contributed by atoms with Gasteiger partial charge in [-0.15, -0.1) is 0 Å². The number of carbonyl (C=O) groups excluding carboxylic acids is 1. The monoisotopic (exact) mass is 263 g/mol. The number of hydroxylamine groups is 1. The molecule has 0 unspecified atom stereocenters. The van der Waals surface area contributed by atoms with Gasteiger partial charge in [0, 0.05) is 7.11 Å². The Kier molecular flexibility index (Phi) is 4.64. The molecule has 1 heterocycles. The predicted octanol–water partition coefficient (Wildman–Crippen LogP) is 1.35. The summed E-state index contributed by atoms with van der Waals surface area (Å²) in [5.41, 5.74) is 2.64. The normalized spacial score (nSPS) is 10.1.